The van der Waals surface area contributed by atoms with Crippen molar-refractivity contribution in [3.8, 4) is 5.75 Å². The minimum atomic E-state index is -0.208. The lowest BCUT2D eigenvalue weighted by molar-refractivity contribution is -0.118. The third kappa shape index (κ3) is 3.95. The van der Waals surface area contributed by atoms with Crippen LogP contribution in [0, 0.1) is 5.92 Å². The molecule has 1 saturated carbocycles. The van der Waals surface area contributed by atoms with Gasteiger partial charge in [0.1, 0.15) is 5.75 Å². The van der Waals surface area contributed by atoms with Crippen molar-refractivity contribution in [1.82, 2.24) is 5.32 Å². The van der Waals surface area contributed by atoms with Gasteiger partial charge in [-0.3, -0.25) is 9.59 Å². The maximum atomic E-state index is 12.4. The van der Waals surface area contributed by atoms with Gasteiger partial charge in [-0.2, -0.15) is 0 Å². The summed E-state index contributed by atoms with van der Waals surface area (Å²) in [6.07, 6.45) is 4.33. The fraction of sp³-hybridized carbons (Fsp3) is 0.500. The Bertz CT molecular complexity index is 594. The largest absolute Gasteiger partial charge is 0.482 e. The molecule has 4 N–H and O–H groups in total. The van der Waals surface area contributed by atoms with E-state index in [-0.39, 0.29) is 36.9 Å². The Balaban J connectivity index is 0.00000192. The number of amides is 2. The number of nitrogens with two attached hydrogens (primary N) is 1. The fourth-order valence-corrected chi connectivity index (χ4v) is 3.16. The number of carbonyl (C=O) groups excluding carboxylic acids is 2. The molecule has 3 rings (SSSR count). The van der Waals surface area contributed by atoms with Gasteiger partial charge in [0.2, 0.25) is 0 Å². The molecule has 0 bridgehead atoms. The summed E-state index contributed by atoms with van der Waals surface area (Å²) < 4.78 is 5.29. The Morgan fingerprint density at radius 2 is 2.13 bits per heavy atom. The maximum absolute atomic E-state index is 12.4. The Kier molecular flexibility index (Phi) is 5.85. The van der Waals surface area contributed by atoms with Crippen LogP contribution in [0.4, 0.5) is 5.69 Å². The van der Waals surface area contributed by atoms with Crippen LogP contribution in [-0.4, -0.2) is 31.0 Å². The minimum Gasteiger partial charge on any atom is -0.482 e. The molecule has 7 heteroatoms. The third-order valence-corrected chi connectivity index (χ3v) is 4.40. The minimum absolute atomic E-state index is 0. The number of rotatable bonds is 3. The van der Waals surface area contributed by atoms with Crippen LogP contribution in [0.2, 0.25) is 0 Å². The van der Waals surface area contributed by atoms with E-state index in [1.54, 1.807) is 18.2 Å². The van der Waals surface area contributed by atoms with E-state index in [1.807, 2.05) is 0 Å². The van der Waals surface area contributed by atoms with Gasteiger partial charge in [-0.15, -0.1) is 12.4 Å². The van der Waals surface area contributed by atoms with Crippen LogP contribution in [-0.2, 0) is 4.79 Å². The number of anilines is 1. The van der Waals surface area contributed by atoms with Gasteiger partial charge in [0.25, 0.3) is 11.8 Å². The molecule has 0 aromatic heterocycles. The molecule has 0 saturated heterocycles. The van der Waals surface area contributed by atoms with E-state index < -0.39 is 0 Å². The van der Waals surface area contributed by atoms with Crippen LogP contribution in [0.3, 0.4) is 0 Å². The SMILES string of the molecule is Cl.NCC1CCCCC1NC(=O)c1ccc2c(c1)NC(=O)CO2. The highest BCUT2D eigenvalue weighted by atomic mass is 35.5. The predicted octanol–water partition coefficient (Wildman–Crippen LogP) is 1.69. The fourth-order valence-electron chi connectivity index (χ4n) is 3.16. The number of carbonyl (C=O) groups is 2. The number of hydrogen-bond acceptors (Lipinski definition) is 4. The summed E-state index contributed by atoms with van der Waals surface area (Å²) in [5, 5.41) is 5.80. The monoisotopic (exact) mass is 339 g/mol. The molecule has 0 radical (unpaired) electrons. The van der Waals surface area contributed by atoms with Gasteiger partial charge in [0.05, 0.1) is 5.69 Å². The summed E-state index contributed by atoms with van der Waals surface area (Å²) in [6, 6.07) is 5.21. The predicted molar refractivity (Wildman–Crippen MR) is 90.1 cm³/mol. The van der Waals surface area contributed by atoms with Crippen molar-refractivity contribution in [2.24, 2.45) is 11.7 Å². The van der Waals surface area contributed by atoms with E-state index >= 15 is 0 Å². The van der Waals surface area contributed by atoms with Crippen molar-refractivity contribution in [2.75, 3.05) is 18.5 Å². The zero-order valence-electron chi connectivity index (χ0n) is 12.8. The number of benzene rings is 1. The highest BCUT2D eigenvalue weighted by Gasteiger charge is 2.26. The number of ether oxygens (including phenoxy) is 1. The molecule has 2 amide bonds. The summed E-state index contributed by atoms with van der Waals surface area (Å²) in [4.78, 5) is 23.8. The molecule has 1 aliphatic carbocycles. The lowest BCUT2D eigenvalue weighted by Crippen LogP contribution is -2.44. The first-order chi connectivity index (χ1) is 10.7. The van der Waals surface area contributed by atoms with Crippen LogP contribution >= 0.6 is 12.4 Å². The first-order valence-corrected chi connectivity index (χ1v) is 7.75. The second-order valence-corrected chi connectivity index (χ2v) is 5.91. The van der Waals surface area contributed by atoms with Gasteiger partial charge >= 0.3 is 0 Å². The molecule has 23 heavy (non-hydrogen) atoms. The van der Waals surface area contributed by atoms with Gasteiger partial charge in [0.15, 0.2) is 6.61 Å². The van der Waals surface area contributed by atoms with Crippen molar-refractivity contribution in [3.63, 3.8) is 0 Å². The van der Waals surface area contributed by atoms with Crippen molar-refractivity contribution in [2.45, 2.75) is 31.7 Å². The summed E-state index contributed by atoms with van der Waals surface area (Å²) in [7, 11) is 0. The van der Waals surface area contributed by atoms with Gasteiger partial charge in [-0.25, -0.2) is 0 Å². The summed E-state index contributed by atoms with van der Waals surface area (Å²) in [6.45, 7) is 0.609. The molecule has 1 aromatic rings. The molecule has 1 fully saturated rings. The molecule has 2 atom stereocenters. The highest BCUT2D eigenvalue weighted by Crippen LogP contribution is 2.29. The summed E-state index contributed by atoms with van der Waals surface area (Å²) in [5.41, 5.74) is 6.86. The lowest BCUT2D eigenvalue weighted by atomic mass is 9.84. The number of nitrogens with one attached hydrogen (secondary N) is 2. The van der Waals surface area contributed by atoms with Crippen molar-refractivity contribution >= 4 is 29.9 Å². The quantitative estimate of drug-likeness (QED) is 0.781. The van der Waals surface area contributed by atoms with Crippen molar-refractivity contribution in [3.05, 3.63) is 23.8 Å². The van der Waals surface area contributed by atoms with Gasteiger partial charge < -0.3 is 21.1 Å². The first kappa shape index (κ1) is 17.6. The van der Waals surface area contributed by atoms with Crippen molar-refractivity contribution < 1.29 is 14.3 Å². The molecule has 2 aliphatic rings. The van der Waals surface area contributed by atoms with E-state index in [9.17, 15) is 9.59 Å². The Morgan fingerprint density at radius 1 is 1.35 bits per heavy atom. The maximum Gasteiger partial charge on any atom is 0.262 e. The molecule has 1 heterocycles. The zero-order chi connectivity index (χ0) is 15.5. The van der Waals surface area contributed by atoms with Gasteiger partial charge in [0, 0.05) is 11.6 Å². The molecule has 0 spiro atoms. The average Bonchev–Trinajstić information content (AvgIpc) is 2.54. The Morgan fingerprint density at radius 3 is 2.91 bits per heavy atom. The van der Waals surface area contributed by atoms with E-state index in [0.29, 0.717) is 29.5 Å². The lowest BCUT2D eigenvalue weighted by Gasteiger charge is -2.31. The van der Waals surface area contributed by atoms with Crippen molar-refractivity contribution in [1.29, 1.82) is 0 Å². The molecule has 126 valence electrons. The zero-order valence-corrected chi connectivity index (χ0v) is 13.7. The van der Waals surface area contributed by atoms with E-state index in [1.165, 1.54) is 6.42 Å². The second-order valence-electron chi connectivity index (χ2n) is 5.91. The molecule has 2 unspecified atom stereocenters. The third-order valence-electron chi connectivity index (χ3n) is 4.40. The van der Waals surface area contributed by atoms with E-state index in [0.717, 1.165) is 19.3 Å². The number of halogens is 1. The van der Waals surface area contributed by atoms with Gasteiger partial charge in [-0.05, 0) is 43.5 Å². The molecule has 1 aliphatic heterocycles. The van der Waals surface area contributed by atoms with E-state index in [4.69, 9.17) is 10.5 Å². The van der Waals surface area contributed by atoms with Crippen LogP contribution in [0.15, 0.2) is 18.2 Å². The average molecular weight is 340 g/mol. The first-order valence-electron chi connectivity index (χ1n) is 7.75. The normalized spacial score (nSPS) is 22.9. The van der Waals surface area contributed by atoms with Crippen LogP contribution in [0.25, 0.3) is 0 Å². The summed E-state index contributed by atoms with van der Waals surface area (Å²) >= 11 is 0. The molecule has 6 nitrogen and oxygen atoms in total. The number of hydrogen-bond donors (Lipinski definition) is 3. The van der Waals surface area contributed by atoms with Crippen LogP contribution < -0.4 is 21.1 Å². The highest BCUT2D eigenvalue weighted by molar-refractivity contribution is 5.99. The Hall–Kier alpha value is -1.79. The topological polar surface area (TPSA) is 93.5 Å². The van der Waals surface area contributed by atoms with Gasteiger partial charge in [-0.1, -0.05) is 12.8 Å². The smallest absolute Gasteiger partial charge is 0.262 e. The second kappa shape index (κ2) is 7.66. The standard InChI is InChI=1S/C16H21N3O3.ClH/c17-8-11-3-1-2-4-12(11)19-16(21)10-5-6-14-13(7-10)18-15(20)9-22-14;/h5-7,11-12H,1-4,8-9,17H2,(H,18,20)(H,19,21);1H. The van der Waals surface area contributed by atoms with E-state index in [2.05, 4.69) is 10.6 Å². The summed E-state index contributed by atoms with van der Waals surface area (Å²) in [5.74, 6) is 0.598. The van der Waals surface area contributed by atoms with Crippen LogP contribution in [0.1, 0.15) is 36.0 Å². The van der Waals surface area contributed by atoms with Crippen LogP contribution in [0.5, 0.6) is 5.75 Å². The number of fused-ring (bicyclic) bond motifs is 1. The molecular formula is C16H22ClN3O3. The Labute approximate surface area is 141 Å². The molecular weight excluding hydrogens is 318 g/mol. The molecule has 1 aromatic carbocycles.